The lowest BCUT2D eigenvalue weighted by Gasteiger charge is -2.23. The van der Waals surface area contributed by atoms with Crippen LogP contribution in [0.4, 0.5) is 0 Å². The molecule has 3 nitrogen and oxygen atoms in total. The van der Waals surface area contributed by atoms with Crippen molar-refractivity contribution in [2.45, 2.75) is 33.2 Å². The molecule has 2 aromatic carbocycles. The molecule has 0 aromatic heterocycles. The van der Waals surface area contributed by atoms with Crippen molar-refractivity contribution in [1.29, 1.82) is 0 Å². The van der Waals surface area contributed by atoms with Gasteiger partial charge in [0.15, 0.2) is 0 Å². The lowest BCUT2D eigenvalue weighted by molar-refractivity contribution is 0.326. The summed E-state index contributed by atoms with van der Waals surface area (Å²) in [6, 6.07) is 14.5. The third-order valence-electron chi connectivity index (χ3n) is 4.20. The van der Waals surface area contributed by atoms with E-state index in [0.29, 0.717) is 13.2 Å². The number of hydrogen-bond donors (Lipinski definition) is 1. The maximum Gasteiger partial charge on any atom is 0.127 e. The van der Waals surface area contributed by atoms with Crippen molar-refractivity contribution in [3.63, 3.8) is 0 Å². The summed E-state index contributed by atoms with van der Waals surface area (Å²) >= 11 is 0. The minimum atomic E-state index is 0.668. The van der Waals surface area contributed by atoms with E-state index in [4.69, 9.17) is 9.47 Å². The molecule has 0 amide bonds. The molecule has 1 aliphatic carbocycles. The zero-order chi connectivity index (χ0) is 16.8. The Labute approximate surface area is 144 Å². The molecule has 0 radical (unpaired) electrons. The highest BCUT2D eigenvalue weighted by Crippen LogP contribution is 2.37. The predicted molar refractivity (Wildman–Crippen MR) is 98.4 cm³/mol. The van der Waals surface area contributed by atoms with Gasteiger partial charge < -0.3 is 14.8 Å². The van der Waals surface area contributed by atoms with Gasteiger partial charge in [0.25, 0.3) is 0 Å². The van der Waals surface area contributed by atoms with E-state index >= 15 is 0 Å². The van der Waals surface area contributed by atoms with Gasteiger partial charge in [0.1, 0.15) is 11.5 Å². The zero-order valence-electron chi connectivity index (χ0n) is 14.5. The zero-order valence-corrected chi connectivity index (χ0v) is 14.5. The maximum absolute atomic E-state index is 5.82. The molecule has 2 aromatic rings. The van der Waals surface area contributed by atoms with Crippen LogP contribution in [0.1, 0.15) is 37.0 Å². The van der Waals surface area contributed by atoms with Crippen molar-refractivity contribution in [3.8, 4) is 11.5 Å². The van der Waals surface area contributed by atoms with Gasteiger partial charge in [0.2, 0.25) is 0 Å². The van der Waals surface area contributed by atoms with Crippen molar-refractivity contribution < 1.29 is 9.47 Å². The summed E-state index contributed by atoms with van der Waals surface area (Å²) in [4.78, 5) is 0. The Morgan fingerprint density at radius 1 is 0.875 bits per heavy atom. The number of ether oxygens (including phenoxy) is 2. The van der Waals surface area contributed by atoms with E-state index < -0.39 is 0 Å². The van der Waals surface area contributed by atoms with Crippen LogP contribution < -0.4 is 14.8 Å². The number of benzene rings is 2. The monoisotopic (exact) mass is 323 g/mol. The number of allylic oxidation sites excluding steroid dienone is 1. The van der Waals surface area contributed by atoms with Crippen LogP contribution in [0.5, 0.6) is 11.5 Å². The molecule has 0 fully saturated rings. The third-order valence-corrected chi connectivity index (χ3v) is 4.20. The van der Waals surface area contributed by atoms with Crippen molar-refractivity contribution in [2.75, 3.05) is 13.2 Å². The van der Waals surface area contributed by atoms with Gasteiger partial charge in [-0.15, -0.1) is 0 Å². The Hall–Kier alpha value is -2.42. The van der Waals surface area contributed by atoms with Crippen LogP contribution in [0.3, 0.4) is 0 Å². The number of fused-ring (bicyclic) bond motifs is 1. The molecule has 3 heteroatoms. The van der Waals surface area contributed by atoms with Gasteiger partial charge in [0, 0.05) is 23.4 Å². The van der Waals surface area contributed by atoms with Crippen LogP contribution in [0.15, 0.2) is 48.2 Å². The fourth-order valence-corrected chi connectivity index (χ4v) is 3.07. The molecule has 24 heavy (non-hydrogen) atoms. The summed E-state index contributed by atoms with van der Waals surface area (Å²) in [7, 11) is 0. The Morgan fingerprint density at radius 2 is 1.58 bits per heavy atom. The Kier molecular flexibility index (Phi) is 5.42. The number of rotatable bonds is 7. The fourth-order valence-electron chi connectivity index (χ4n) is 3.07. The van der Waals surface area contributed by atoms with Crippen LogP contribution >= 0.6 is 0 Å². The highest BCUT2D eigenvalue weighted by molar-refractivity contribution is 5.68. The predicted octanol–water partition coefficient (Wildman–Crippen LogP) is 4.56. The minimum absolute atomic E-state index is 0.668. The standard InChI is InChI=1S/C21H25NO2/c1-3-23-20-12-13-21(24-4-2)19-14-17(10-11-18(19)20)22-15-16-8-6-5-7-9-16/h5-9,12-14,22H,3-4,10-11,15H2,1-2H3. The van der Waals surface area contributed by atoms with Crippen LogP contribution in [0, 0.1) is 0 Å². The van der Waals surface area contributed by atoms with Crippen molar-refractivity contribution in [3.05, 3.63) is 64.9 Å². The Balaban J connectivity index is 1.83. The SMILES string of the molecule is CCOc1ccc(OCC)c2c1C=C(NCc1ccccc1)CC2. The summed E-state index contributed by atoms with van der Waals surface area (Å²) in [6.07, 6.45) is 4.18. The smallest absolute Gasteiger partial charge is 0.127 e. The molecular weight excluding hydrogens is 298 g/mol. The molecule has 0 heterocycles. The Bertz CT molecular complexity index is 707. The minimum Gasteiger partial charge on any atom is -0.494 e. The molecule has 0 saturated heterocycles. The van der Waals surface area contributed by atoms with Crippen LogP contribution in [0.25, 0.3) is 6.08 Å². The van der Waals surface area contributed by atoms with E-state index in [9.17, 15) is 0 Å². The van der Waals surface area contributed by atoms with E-state index in [1.165, 1.54) is 16.8 Å². The van der Waals surface area contributed by atoms with Gasteiger partial charge in [-0.2, -0.15) is 0 Å². The molecular formula is C21H25NO2. The normalized spacial score (nSPS) is 13.0. The molecule has 0 spiro atoms. The first kappa shape index (κ1) is 16.4. The average Bonchev–Trinajstić information content (AvgIpc) is 2.63. The van der Waals surface area contributed by atoms with Crippen molar-refractivity contribution in [2.24, 2.45) is 0 Å². The molecule has 0 bridgehead atoms. The topological polar surface area (TPSA) is 30.5 Å². The number of nitrogens with one attached hydrogen (secondary N) is 1. The van der Waals surface area contributed by atoms with Gasteiger partial charge in [-0.25, -0.2) is 0 Å². The summed E-state index contributed by atoms with van der Waals surface area (Å²) in [5.41, 5.74) is 4.95. The Morgan fingerprint density at radius 3 is 2.33 bits per heavy atom. The van der Waals surface area contributed by atoms with Gasteiger partial charge in [0.05, 0.1) is 13.2 Å². The van der Waals surface area contributed by atoms with Gasteiger partial charge in [-0.3, -0.25) is 0 Å². The van der Waals surface area contributed by atoms with Gasteiger partial charge >= 0.3 is 0 Å². The molecule has 0 atom stereocenters. The average molecular weight is 323 g/mol. The summed E-state index contributed by atoms with van der Waals surface area (Å²) in [5, 5.41) is 3.56. The highest BCUT2D eigenvalue weighted by atomic mass is 16.5. The van der Waals surface area contributed by atoms with E-state index in [1.807, 2.05) is 32.0 Å². The van der Waals surface area contributed by atoms with Gasteiger partial charge in [-0.05, 0) is 50.5 Å². The van der Waals surface area contributed by atoms with Gasteiger partial charge in [-0.1, -0.05) is 30.3 Å². The van der Waals surface area contributed by atoms with Crippen molar-refractivity contribution in [1.82, 2.24) is 5.32 Å². The van der Waals surface area contributed by atoms with E-state index in [1.54, 1.807) is 0 Å². The number of hydrogen-bond acceptors (Lipinski definition) is 3. The second kappa shape index (κ2) is 7.91. The molecule has 0 saturated carbocycles. The fraction of sp³-hybridized carbons (Fsp3) is 0.333. The lowest BCUT2D eigenvalue weighted by Crippen LogP contribution is -2.17. The lowest BCUT2D eigenvalue weighted by atomic mass is 9.93. The quantitative estimate of drug-likeness (QED) is 0.810. The second-order valence-corrected chi connectivity index (χ2v) is 5.83. The molecule has 126 valence electrons. The molecule has 1 N–H and O–H groups in total. The first-order chi connectivity index (χ1) is 11.8. The summed E-state index contributed by atoms with van der Waals surface area (Å²) < 4.78 is 11.6. The first-order valence-corrected chi connectivity index (χ1v) is 8.71. The van der Waals surface area contributed by atoms with Crippen molar-refractivity contribution >= 4 is 6.08 Å². The summed E-state index contributed by atoms with van der Waals surface area (Å²) in [6.45, 7) is 6.24. The first-order valence-electron chi connectivity index (χ1n) is 8.71. The van der Waals surface area contributed by atoms with E-state index in [2.05, 4.69) is 35.7 Å². The van der Waals surface area contributed by atoms with E-state index in [-0.39, 0.29) is 0 Å². The molecule has 0 aliphatic heterocycles. The molecule has 1 aliphatic rings. The van der Waals surface area contributed by atoms with E-state index in [0.717, 1.165) is 36.4 Å². The van der Waals surface area contributed by atoms with Crippen LogP contribution in [0.2, 0.25) is 0 Å². The van der Waals surface area contributed by atoms with Crippen LogP contribution in [-0.4, -0.2) is 13.2 Å². The highest BCUT2D eigenvalue weighted by Gasteiger charge is 2.19. The molecule has 0 unspecified atom stereocenters. The molecule has 3 rings (SSSR count). The third kappa shape index (κ3) is 3.73. The second-order valence-electron chi connectivity index (χ2n) is 5.83. The largest absolute Gasteiger partial charge is 0.494 e. The summed E-state index contributed by atoms with van der Waals surface area (Å²) in [5.74, 6) is 1.92. The maximum atomic E-state index is 5.82. The van der Waals surface area contributed by atoms with Crippen LogP contribution in [-0.2, 0) is 13.0 Å².